The maximum atomic E-state index is 12.7. The van der Waals surface area contributed by atoms with Gasteiger partial charge in [-0.2, -0.15) is 0 Å². The van der Waals surface area contributed by atoms with Gasteiger partial charge < -0.3 is 4.74 Å². The average Bonchev–Trinajstić information content (AvgIpc) is 2.96. The first-order valence-electron chi connectivity index (χ1n) is 6.74. The van der Waals surface area contributed by atoms with Crippen LogP contribution in [-0.4, -0.2) is 18.4 Å². The van der Waals surface area contributed by atoms with Crippen molar-refractivity contribution in [2.45, 2.75) is 6.92 Å². The summed E-state index contributed by atoms with van der Waals surface area (Å²) in [6, 6.07) is 9.13. The van der Waals surface area contributed by atoms with Crippen LogP contribution in [0.2, 0.25) is 0 Å². The van der Waals surface area contributed by atoms with Gasteiger partial charge in [-0.1, -0.05) is 0 Å². The number of carbonyl (C=O) groups is 2. The lowest BCUT2D eigenvalue weighted by molar-refractivity contribution is -0.128. The molecule has 7 heteroatoms. The van der Waals surface area contributed by atoms with Gasteiger partial charge in [-0.15, -0.1) is 11.3 Å². The van der Waals surface area contributed by atoms with Crippen LogP contribution >= 0.6 is 11.3 Å². The first-order chi connectivity index (χ1) is 11.0. The fourth-order valence-electron chi connectivity index (χ4n) is 1.59. The van der Waals surface area contributed by atoms with E-state index < -0.39 is 11.8 Å². The molecule has 2 N–H and O–H groups in total. The topological polar surface area (TPSA) is 67.4 Å². The average molecular weight is 334 g/mol. The van der Waals surface area contributed by atoms with E-state index in [0.29, 0.717) is 5.75 Å². The van der Waals surface area contributed by atoms with E-state index in [2.05, 4.69) is 10.9 Å². The Hall–Kier alpha value is -2.67. The molecule has 0 saturated carbocycles. The van der Waals surface area contributed by atoms with E-state index in [1.807, 2.05) is 19.1 Å². The molecule has 2 rings (SSSR count). The molecule has 0 spiro atoms. The molecular weight excluding hydrogens is 319 g/mol. The molecule has 120 valence electrons. The second kappa shape index (κ2) is 8.09. The van der Waals surface area contributed by atoms with Crippen molar-refractivity contribution in [3.05, 3.63) is 58.0 Å². The second-order valence-corrected chi connectivity index (χ2v) is 5.88. The minimum absolute atomic E-state index is 0.292. The van der Waals surface area contributed by atoms with Crippen LogP contribution in [0.1, 0.15) is 9.75 Å². The third-order valence-electron chi connectivity index (χ3n) is 2.67. The molecule has 0 atom stereocenters. The van der Waals surface area contributed by atoms with Gasteiger partial charge in [0.05, 0.1) is 0 Å². The lowest BCUT2D eigenvalue weighted by atomic mass is 10.3. The SMILES string of the molecule is Cc1ccc(/C=C/C(=O)NNC(=O)COc2ccc(F)cc2)s1. The zero-order valence-electron chi connectivity index (χ0n) is 12.3. The molecule has 5 nitrogen and oxygen atoms in total. The zero-order chi connectivity index (χ0) is 16.7. The Morgan fingerprint density at radius 1 is 1.17 bits per heavy atom. The fraction of sp³-hybridized carbons (Fsp3) is 0.125. The Balaban J connectivity index is 1.70. The molecule has 0 radical (unpaired) electrons. The van der Waals surface area contributed by atoms with Crippen LogP contribution in [0.5, 0.6) is 5.75 Å². The lowest BCUT2D eigenvalue weighted by Gasteiger charge is -2.07. The number of carbonyl (C=O) groups excluding carboxylic acids is 2. The summed E-state index contributed by atoms with van der Waals surface area (Å²) in [7, 11) is 0. The third kappa shape index (κ3) is 5.91. The monoisotopic (exact) mass is 334 g/mol. The highest BCUT2D eigenvalue weighted by atomic mass is 32.1. The maximum absolute atomic E-state index is 12.7. The number of hydrazine groups is 1. The van der Waals surface area contributed by atoms with Crippen LogP contribution in [0.25, 0.3) is 6.08 Å². The van der Waals surface area contributed by atoms with Gasteiger partial charge in [0.15, 0.2) is 6.61 Å². The number of nitrogens with one attached hydrogen (secondary N) is 2. The summed E-state index contributed by atoms with van der Waals surface area (Å²) < 4.78 is 17.8. The third-order valence-corrected chi connectivity index (χ3v) is 3.63. The van der Waals surface area contributed by atoms with Gasteiger partial charge in [0.1, 0.15) is 11.6 Å². The molecular formula is C16H15FN2O3S. The van der Waals surface area contributed by atoms with E-state index in [1.54, 1.807) is 17.4 Å². The molecule has 1 heterocycles. The summed E-state index contributed by atoms with van der Waals surface area (Å²) in [5, 5.41) is 0. The number of amides is 2. The molecule has 0 aliphatic carbocycles. The van der Waals surface area contributed by atoms with Crippen LogP contribution in [-0.2, 0) is 9.59 Å². The van der Waals surface area contributed by atoms with Crippen molar-refractivity contribution >= 4 is 29.2 Å². The standard InChI is InChI=1S/C16H15FN2O3S/c1-11-2-7-14(23-11)8-9-15(20)18-19-16(21)10-22-13-5-3-12(17)4-6-13/h2-9H,10H2,1H3,(H,18,20)(H,19,21)/b9-8+. The predicted molar refractivity (Wildman–Crippen MR) is 86.3 cm³/mol. The van der Waals surface area contributed by atoms with Gasteiger partial charge in [0, 0.05) is 15.8 Å². The highest BCUT2D eigenvalue weighted by Crippen LogP contribution is 2.16. The highest BCUT2D eigenvalue weighted by Gasteiger charge is 2.04. The van der Waals surface area contributed by atoms with E-state index in [1.165, 1.54) is 30.3 Å². The highest BCUT2D eigenvalue weighted by molar-refractivity contribution is 7.12. The Bertz CT molecular complexity index is 710. The Kier molecular flexibility index (Phi) is 5.87. The van der Waals surface area contributed by atoms with Crippen LogP contribution in [0.3, 0.4) is 0 Å². The minimum atomic E-state index is -0.525. The predicted octanol–water partition coefficient (Wildman–Crippen LogP) is 2.44. The van der Waals surface area contributed by atoms with Crippen molar-refractivity contribution in [2.24, 2.45) is 0 Å². The first kappa shape index (κ1) is 16.7. The van der Waals surface area contributed by atoms with E-state index in [0.717, 1.165) is 9.75 Å². The smallest absolute Gasteiger partial charge is 0.276 e. The Morgan fingerprint density at radius 3 is 2.57 bits per heavy atom. The molecule has 0 saturated heterocycles. The summed E-state index contributed by atoms with van der Waals surface area (Å²) >= 11 is 1.56. The molecule has 0 fully saturated rings. The summed E-state index contributed by atoms with van der Waals surface area (Å²) in [5.74, 6) is -1.00. The van der Waals surface area contributed by atoms with Gasteiger partial charge in [0.2, 0.25) is 0 Å². The number of hydrogen-bond donors (Lipinski definition) is 2. The van der Waals surface area contributed by atoms with E-state index in [4.69, 9.17) is 4.74 Å². The van der Waals surface area contributed by atoms with Crippen LogP contribution in [0.15, 0.2) is 42.5 Å². The zero-order valence-corrected chi connectivity index (χ0v) is 13.2. The van der Waals surface area contributed by atoms with Crippen molar-refractivity contribution in [3.63, 3.8) is 0 Å². The van der Waals surface area contributed by atoms with Crippen molar-refractivity contribution in [3.8, 4) is 5.75 Å². The van der Waals surface area contributed by atoms with Crippen molar-refractivity contribution in [1.29, 1.82) is 0 Å². The van der Waals surface area contributed by atoms with Gasteiger partial charge in [-0.3, -0.25) is 20.4 Å². The number of rotatable bonds is 5. The van der Waals surface area contributed by atoms with E-state index in [-0.39, 0.29) is 12.4 Å². The van der Waals surface area contributed by atoms with Gasteiger partial charge in [-0.05, 0) is 49.4 Å². The van der Waals surface area contributed by atoms with E-state index in [9.17, 15) is 14.0 Å². The molecule has 23 heavy (non-hydrogen) atoms. The normalized spacial score (nSPS) is 10.5. The summed E-state index contributed by atoms with van der Waals surface area (Å²) in [6.07, 6.45) is 2.99. The Morgan fingerprint density at radius 2 is 1.91 bits per heavy atom. The van der Waals surface area contributed by atoms with Crippen molar-refractivity contribution in [2.75, 3.05) is 6.61 Å². The van der Waals surface area contributed by atoms with Gasteiger partial charge >= 0.3 is 0 Å². The van der Waals surface area contributed by atoms with E-state index >= 15 is 0 Å². The second-order valence-electron chi connectivity index (χ2n) is 4.56. The molecule has 1 aromatic carbocycles. The quantitative estimate of drug-likeness (QED) is 0.652. The molecule has 0 aliphatic heterocycles. The summed E-state index contributed by atoms with van der Waals surface area (Å²) in [6.45, 7) is 1.68. The maximum Gasteiger partial charge on any atom is 0.276 e. The summed E-state index contributed by atoms with van der Waals surface area (Å²) in [5.41, 5.74) is 4.46. The Labute approximate surface area is 136 Å². The number of thiophene rings is 1. The van der Waals surface area contributed by atoms with Crippen molar-refractivity contribution in [1.82, 2.24) is 10.9 Å². The molecule has 0 aliphatic rings. The van der Waals surface area contributed by atoms with Crippen molar-refractivity contribution < 1.29 is 18.7 Å². The largest absolute Gasteiger partial charge is 0.484 e. The molecule has 0 unspecified atom stereocenters. The molecule has 1 aromatic heterocycles. The van der Waals surface area contributed by atoms with Crippen LogP contribution in [0.4, 0.5) is 4.39 Å². The molecule has 2 aromatic rings. The molecule has 0 bridgehead atoms. The summed E-state index contributed by atoms with van der Waals surface area (Å²) in [4.78, 5) is 25.2. The van der Waals surface area contributed by atoms with Crippen LogP contribution in [0, 0.1) is 12.7 Å². The van der Waals surface area contributed by atoms with Gasteiger partial charge in [0.25, 0.3) is 11.8 Å². The number of aryl methyl sites for hydroxylation is 1. The molecule has 2 amide bonds. The fourth-order valence-corrected chi connectivity index (χ4v) is 2.37. The van der Waals surface area contributed by atoms with Gasteiger partial charge in [-0.25, -0.2) is 4.39 Å². The minimum Gasteiger partial charge on any atom is -0.484 e. The van der Waals surface area contributed by atoms with Crippen LogP contribution < -0.4 is 15.6 Å². The number of halogens is 1. The first-order valence-corrected chi connectivity index (χ1v) is 7.56. The number of ether oxygens (including phenoxy) is 1. The number of benzene rings is 1. The number of hydrogen-bond acceptors (Lipinski definition) is 4. The lowest BCUT2D eigenvalue weighted by Crippen LogP contribution is -2.43.